The largest absolute Gasteiger partial charge is 0.466 e. The quantitative estimate of drug-likeness (QED) is 0.370. The molecule has 4 rings (SSSR count). The van der Waals surface area contributed by atoms with Crippen molar-refractivity contribution in [1.29, 1.82) is 0 Å². The van der Waals surface area contributed by atoms with Gasteiger partial charge in [0, 0.05) is 23.3 Å². The number of carbonyl (C=O) groups is 2. The first kappa shape index (κ1) is 22.4. The van der Waals surface area contributed by atoms with Gasteiger partial charge in [-0.2, -0.15) is 0 Å². The van der Waals surface area contributed by atoms with E-state index in [0.29, 0.717) is 6.61 Å². The van der Waals surface area contributed by atoms with Crippen LogP contribution < -0.4 is 5.32 Å². The lowest BCUT2D eigenvalue weighted by Gasteiger charge is -2.05. The van der Waals surface area contributed by atoms with Gasteiger partial charge in [0.15, 0.2) is 0 Å². The summed E-state index contributed by atoms with van der Waals surface area (Å²) in [6.45, 7) is 2.16. The zero-order chi connectivity index (χ0) is 23.0. The van der Waals surface area contributed by atoms with Crippen molar-refractivity contribution in [2.75, 3.05) is 11.9 Å². The van der Waals surface area contributed by atoms with E-state index in [1.165, 1.54) is 17.7 Å². The summed E-state index contributed by atoms with van der Waals surface area (Å²) in [6.07, 6.45) is 5.59. The second kappa shape index (κ2) is 10.7. The van der Waals surface area contributed by atoms with Crippen molar-refractivity contribution in [3.63, 3.8) is 0 Å². The first-order valence-electron chi connectivity index (χ1n) is 10.6. The molecule has 0 aliphatic carbocycles. The van der Waals surface area contributed by atoms with Gasteiger partial charge < -0.3 is 10.1 Å². The van der Waals surface area contributed by atoms with Crippen LogP contribution in [0.5, 0.6) is 0 Å². The number of nitrogens with zero attached hydrogens (tertiary/aromatic N) is 2. The Labute approximate surface area is 196 Å². The number of anilines is 1. The third-order valence-corrected chi connectivity index (χ3v) is 5.86. The summed E-state index contributed by atoms with van der Waals surface area (Å²) >= 11 is 1.49. The molecule has 7 heteroatoms. The van der Waals surface area contributed by atoms with Gasteiger partial charge in [-0.1, -0.05) is 48.5 Å². The number of ether oxygens (including phenoxy) is 1. The highest BCUT2D eigenvalue weighted by molar-refractivity contribution is 7.14. The van der Waals surface area contributed by atoms with Gasteiger partial charge in [0.2, 0.25) is 5.91 Å². The van der Waals surface area contributed by atoms with Crippen LogP contribution in [0.1, 0.15) is 18.1 Å². The van der Waals surface area contributed by atoms with Crippen LogP contribution in [0, 0.1) is 0 Å². The maximum atomic E-state index is 12.5. The van der Waals surface area contributed by atoms with Crippen LogP contribution in [0.3, 0.4) is 0 Å². The van der Waals surface area contributed by atoms with Gasteiger partial charge in [0.05, 0.1) is 24.4 Å². The normalized spacial score (nSPS) is 10.6. The van der Waals surface area contributed by atoms with Crippen molar-refractivity contribution in [2.45, 2.75) is 19.8 Å². The van der Waals surface area contributed by atoms with Gasteiger partial charge in [-0.25, -0.2) is 9.97 Å². The molecule has 0 fully saturated rings. The molecule has 4 aromatic rings. The maximum Gasteiger partial charge on any atom is 0.310 e. The average Bonchev–Trinajstić information content (AvgIpc) is 3.29. The molecule has 166 valence electrons. The Balaban J connectivity index is 1.33. The summed E-state index contributed by atoms with van der Waals surface area (Å²) in [7, 11) is 0. The van der Waals surface area contributed by atoms with Crippen LogP contribution >= 0.6 is 11.3 Å². The van der Waals surface area contributed by atoms with Crippen molar-refractivity contribution < 1.29 is 14.3 Å². The van der Waals surface area contributed by atoms with Crippen LogP contribution in [0.25, 0.3) is 22.3 Å². The lowest BCUT2D eigenvalue weighted by atomic mass is 10.0. The topological polar surface area (TPSA) is 81.2 Å². The first-order chi connectivity index (χ1) is 16.1. The standard InChI is InChI=1S/C26H23N3O3S/c1-2-32-26(31)12-19-5-3-18(4-6-19)11-24(30)29-25-13-22(16-33-25)20-7-9-21(10-8-20)23-14-27-17-28-15-23/h3-10,13-17H,2,11-12H2,1H3,(H,29,30). The minimum absolute atomic E-state index is 0.0824. The van der Waals surface area contributed by atoms with E-state index in [-0.39, 0.29) is 24.7 Å². The second-order valence-electron chi connectivity index (χ2n) is 7.43. The van der Waals surface area contributed by atoms with E-state index in [1.807, 2.05) is 60.0 Å². The summed E-state index contributed by atoms with van der Waals surface area (Å²) in [5.74, 6) is -0.332. The molecule has 2 aromatic heterocycles. The van der Waals surface area contributed by atoms with E-state index >= 15 is 0 Å². The average molecular weight is 458 g/mol. The predicted molar refractivity (Wildman–Crippen MR) is 130 cm³/mol. The number of hydrogen-bond donors (Lipinski definition) is 1. The van der Waals surface area contributed by atoms with Crippen LogP contribution in [-0.4, -0.2) is 28.5 Å². The second-order valence-corrected chi connectivity index (χ2v) is 8.34. The highest BCUT2D eigenvalue weighted by atomic mass is 32.1. The van der Waals surface area contributed by atoms with Crippen molar-refractivity contribution in [3.8, 4) is 22.3 Å². The van der Waals surface area contributed by atoms with Gasteiger partial charge in [0.25, 0.3) is 0 Å². The Morgan fingerprint density at radius 2 is 1.45 bits per heavy atom. The molecule has 0 saturated heterocycles. The van der Waals surface area contributed by atoms with E-state index in [1.54, 1.807) is 19.3 Å². The number of thiophene rings is 1. The molecule has 0 aliphatic heterocycles. The smallest absolute Gasteiger partial charge is 0.310 e. The van der Waals surface area contributed by atoms with E-state index < -0.39 is 0 Å². The molecule has 0 radical (unpaired) electrons. The number of amides is 1. The molecule has 2 aromatic carbocycles. The highest BCUT2D eigenvalue weighted by Crippen LogP contribution is 2.30. The molecule has 1 N–H and O–H groups in total. The predicted octanol–water partition coefficient (Wildman–Crippen LogP) is 5.16. The van der Waals surface area contributed by atoms with Crippen molar-refractivity contribution >= 4 is 28.2 Å². The van der Waals surface area contributed by atoms with E-state index in [9.17, 15) is 9.59 Å². The zero-order valence-electron chi connectivity index (χ0n) is 18.2. The van der Waals surface area contributed by atoms with Crippen molar-refractivity contribution in [2.24, 2.45) is 0 Å². The van der Waals surface area contributed by atoms with E-state index in [4.69, 9.17) is 4.74 Å². The lowest BCUT2D eigenvalue weighted by Crippen LogP contribution is -2.13. The number of benzene rings is 2. The van der Waals surface area contributed by atoms with Crippen LogP contribution in [0.15, 0.2) is 78.7 Å². The third kappa shape index (κ3) is 6.11. The first-order valence-corrected chi connectivity index (χ1v) is 11.5. The fourth-order valence-corrected chi connectivity index (χ4v) is 4.20. The molecule has 0 bridgehead atoms. The summed E-state index contributed by atoms with van der Waals surface area (Å²) in [6, 6.07) is 17.6. The Morgan fingerprint density at radius 3 is 2.09 bits per heavy atom. The van der Waals surface area contributed by atoms with E-state index in [2.05, 4.69) is 15.3 Å². The minimum atomic E-state index is -0.250. The number of rotatable bonds is 8. The summed E-state index contributed by atoms with van der Waals surface area (Å²) in [5.41, 5.74) is 5.90. The Kier molecular flexibility index (Phi) is 7.22. The molecule has 0 saturated carbocycles. The molecular weight excluding hydrogens is 434 g/mol. The van der Waals surface area contributed by atoms with Crippen LogP contribution in [0.4, 0.5) is 5.00 Å². The monoisotopic (exact) mass is 457 g/mol. The fraction of sp³-hybridized carbons (Fsp3) is 0.154. The fourth-order valence-electron chi connectivity index (χ4n) is 3.38. The minimum Gasteiger partial charge on any atom is -0.466 e. The number of esters is 1. The Bertz CT molecular complexity index is 1220. The molecule has 2 heterocycles. The van der Waals surface area contributed by atoms with Crippen LogP contribution in [-0.2, 0) is 27.2 Å². The molecule has 0 unspecified atom stereocenters. The van der Waals surface area contributed by atoms with Crippen LogP contribution in [0.2, 0.25) is 0 Å². The number of nitrogens with one attached hydrogen (secondary N) is 1. The molecular formula is C26H23N3O3S. The van der Waals surface area contributed by atoms with Crippen molar-refractivity contribution in [1.82, 2.24) is 9.97 Å². The van der Waals surface area contributed by atoms with Gasteiger partial charge in [0.1, 0.15) is 6.33 Å². The molecule has 0 aliphatic rings. The zero-order valence-corrected chi connectivity index (χ0v) is 19.0. The lowest BCUT2D eigenvalue weighted by molar-refractivity contribution is -0.142. The molecule has 6 nitrogen and oxygen atoms in total. The van der Waals surface area contributed by atoms with Gasteiger partial charge in [-0.3, -0.25) is 9.59 Å². The third-order valence-electron chi connectivity index (χ3n) is 5.02. The summed E-state index contributed by atoms with van der Waals surface area (Å²) < 4.78 is 4.96. The van der Waals surface area contributed by atoms with Gasteiger partial charge in [-0.05, 0) is 40.8 Å². The molecule has 0 atom stereocenters. The van der Waals surface area contributed by atoms with E-state index in [0.717, 1.165) is 38.4 Å². The highest BCUT2D eigenvalue weighted by Gasteiger charge is 2.09. The SMILES string of the molecule is CCOC(=O)Cc1ccc(CC(=O)Nc2cc(-c3ccc(-c4cncnc4)cc3)cs2)cc1. The molecule has 33 heavy (non-hydrogen) atoms. The Hall–Kier alpha value is -3.84. The molecule has 1 amide bonds. The summed E-state index contributed by atoms with van der Waals surface area (Å²) in [4.78, 5) is 32.2. The molecule has 0 spiro atoms. The number of aromatic nitrogens is 2. The van der Waals surface area contributed by atoms with Gasteiger partial charge >= 0.3 is 5.97 Å². The van der Waals surface area contributed by atoms with Crippen molar-refractivity contribution in [3.05, 3.63) is 89.8 Å². The number of carbonyl (C=O) groups excluding carboxylic acids is 2. The number of hydrogen-bond acceptors (Lipinski definition) is 6. The maximum absolute atomic E-state index is 12.5. The summed E-state index contributed by atoms with van der Waals surface area (Å²) in [5, 5.41) is 5.80. The van der Waals surface area contributed by atoms with Gasteiger partial charge in [-0.15, -0.1) is 11.3 Å². The Morgan fingerprint density at radius 1 is 0.848 bits per heavy atom.